The third-order valence-corrected chi connectivity index (χ3v) is 2.38. The van der Waals surface area contributed by atoms with Crippen LogP contribution < -0.4 is 5.32 Å². The van der Waals surface area contributed by atoms with Crippen LogP contribution in [-0.4, -0.2) is 37.6 Å². The molecule has 80 valence electrons. The summed E-state index contributed by atoms with van der Waals surface area (Å²) in [6, 6.07) is 0.697. The predicted molar refractivity (Wildman–Crippen MR) is 60.1 cm³/mol. The number of nitrogens with one attached hydrogen (secondary N) is 1. The van der Waals surface area contributed by atoms with Crippen molar-refractivity contribution in [1.29, 1.82) is 0 Å². The Morgan fingerprint density at radius 1 is 1.23 bits per heavy atom. The molecule has 0 amide bonds. The van der Waals surface area contributed by atoms with Crippen LogP contribution >= 0.6 is 0 Å². The second-order valence-corrected chi connectivity index (χ2v) is 4.20. The molecule has 0 fully saturated rings. The van der Waals surface area contributed by atoms with Crippen LogP contribution in [0.15, 0.2) is 0 Å². The summed E-state index contributed by atoms with van der Waals surface area (Å²) in [6.07, 6.45) is 1.23. The summed E-state index contributed by atoms with van der Waals surface area (Å²) in [5.74, 6) is 0.765. The number of hydrogen-bond donors (Lipinski definition) is 1. The van der Waals surface area contributed by atoms with Gasteiger partial charge in [-0.3, -0.25) is 0 Å². The van der Waals surface area contributed by atoms with Crippen molar-refractivity contribution in [3.05, 3.63) is 0 Å². The van der Waals surface area contributed by atoms with E-state index in [4.69, 9.17) is 0 Å². The molecule has 2 nitrogen and oxygen atoms in total. The van der Waals surface area contributed by atoms with Gasteiger partial charge in [0.1, 0.15) is 0 Å². The third kappa shape index (κ3) is 6.05. The van der Waals surface area contributed by atoms with E-state index in [1.807, 2.05) is 0 Å². The molecule has 0 aromatic carbocycles. The van der Waals surface area contributed by atoms with Crippen LogP contribution in [0.5, 0.6) is 0 Å². The smallest absolute Gasteiger partial charge is 0.0215 e. The molecule has 0 aliphatic heterocycles. The fourth-order valence-corrected chi connectivity index (χ4v) is 1.65. The lowest BCUT2D eigenvalue weighted by Crippen LogP contribution is -2.41. The molecule has 2 heteroatoms. The van der Waals surface area contributed by atoms with Gasteiger partial charge in [0, 0.05) is 19.1 Å². The average Bonchev–Trinajstić information content (AvgIpc) is 2.04. The van der Waals surface area contributed by atoms with E-state index in [1.54, 1.807) is 0 Å². The van der Waals surface area contributed by atoms with Gasteiger partial charge in [-0.2, -0.15) is 0 Å². The summed E-state index contributed by atoms with van der Waals surface area (Å²) in [4.78, 5) is 2.47. The molecule has 0 aromatic heterocycles. The van der Waals surface area contributed by atoms with Gasteiger partial charge in [0.25, 0.3) is 0 Å². The monoisotopic (exact) mass is 186 g/mol. The van der Waals surface area contributed by atoms with Gasteiger partial charge >= 0.3 is 0 Å². The Morgan fingerprint density at radius 2 is 1.85 bits per heavy atom. The van der Waals surface area contributed by atoms with E-state index in [2.05, 4.69) is 45.0 Å². The molecule has 0 bridgehead atoms. The second-order valence-electron chi connectivity index (χ2n) is 4.20. The largest absolute Gasteiger partial charge is 0.315 e. The highest BCUT2D eigenvalue weighted by molar-refractivity contribution is 4.70. The van der Waals surface area contributed by atoms with Crippen LogP contribution in [0.1, 0.15) is 34.1 Å². The van der Waals surface area contributed by atoms with Crippen molar-refractivity contribution in [1.82, 2.24) is 10.2 Å². The van der Waals surface area contributed by atoms with E-state index in [0.29, 0.717) is 6.04 Å². The number of hydrogen-bond acceptors (Lipinski definition) is 2. The van der Waals surface area contributed by atoms with Crippen molar-refractivity contribution < 1.29 is 0 Å². The normalized spacial score (nSPS) is 14.1. The van der Waals surface area contributed by atoms with E-state index in [9.17, 15) is 0 Å². The minimum absolute atomic E-state index is 0.697. The minimum atomic E-state index is 0.697. The summed E-state index contributed by atoms with van der Waals surface area (Å²) >= 11 is 0. The van der Waals surface area contributed by atoms with E-state index in [1.165, 1.54) is 13.0 Å². The fourth-order valence-electron chi connectivity index (χ4n) is 1.65. The van der Waals surface area contributed by atoms with Crippen molar-refractivity contribution in [2.45, 2.75) is 40.2 Å². The van der Waals surface area contributed by atoms with Crippen LogP contribution in [0.4, 0.5) is 0 Å². The third-order valence-electron chi connectivity index (χ3n) is 2.38. The predicted octanol–water partition coefficient (Wildman–Crippen LogP) is 1.96. The van der Waals surface area contributed by atoms with Gasteiger partial charge in [0.05, 0.1) is 0 Å². The fraction of sp³-hybridized carbons (Fsp3) is 1.00. The highest BCUT2D eigenvalue weighted by Gasteiger charge is 2.12. The average molecular weight is 186 g/mol. The first-order valence-electron chi connectivity index (χ1n) is 5.52. The van der Waals surface area contributed by atoms with Gasteiger partial charge < -0.3 is 10.2 Å². The molecule has 0 aliphatic rings. The Kier molecular flexibility index (Phi) is 7.29. The number of rotatable bonds is 7. The molecule has 0 aromatic rings. The summed E-state index contributed by atoms with van der Waals surface area (Å²) in [7, 11) is 2.23. The first kappa shape index (κ1) is 12.9. The van der Waals surface area contributed by atoms with E-state index in [0.717, 1.165) is 19.0 Å². The zero-order valence-electron chi connectivity index (χ0n) is 9.93. The Hall–Kier alpha value is -0.0800. The van der Waals surface area contributed by atoms with E-state index >= 15 is 0 Å². The minimum Gasteiger partial charge on any atom is -0.315 e. The highest BCUT2D eigenvalue weighted by atomic mass is 15.1. The lowest BCUT2D eigenvalue weighted by Gasteiger charge is -2.28. The molecule has 1 unspecified atom stereocenters. The second kappa shape index (κ2) is 7.34. The topological polar surface area (TPSA) is 15.3 Å². The van der Waals surface area contributed by atoms with Gasteiger partial charge in [-0.15, -0.1) is 0 Å². The molecule has 0 rings (SSSR count). The molecule has 13 heavy (non-hydrogen) atoms. The van der Waals surface area contributed by atoms with Gasteiger partial charge in [-0.1, -0.05) is 27.7 Å². The maximum absolute atomic E-state index is 3.41. The summed E-state index contributed by atoms with van der Waals surface area (Å²) in [5.41, 5.74) is 0. The molecule has 1 N–H and O–H groups in total. The molecule has 0 spiro atoms. The standard InChI is InChI=1S/C11H26N2/c1-6-11(8-12-7-2)13(5)9-10(3)4/h10-12H,6-9H2,1-5H3. The Labute approximate surface area is 83.7 Å². The van der Waals surface area contributed by atoms with Crippen LogP contribution in [0.2, 0.25) is 0 Å². The van der Waals surface area contributed by atoms with Crippen molar-refractivity contribution in [3.8, 4) is 0 Å². The maximum Gasteiger partial charge on any atom is 0.0215 e. The zero-order valence-corrected chi connectivity index (χ0v) is 9.93. The molecule has 1 atom stereocenters. The molecule has 0 saturated carbocycles. The van der Waals surface area contributed by atoms with Crippen LogP contribution in [0.25, 0.3) is 0 Å². The van der Waals surface area contributed by atoms with Crippen LogP contribution in [0.3, 0.4) is 0 Å². The van der Waals surface area contributed by atoms with Gasteiger partial charge in [0.2, 0.25) is 0 Å². The lowest BCUT2D eigenvalue weighted by atomic mass is 10.1. The Bertz CT molecular complexity index is 113. The zero-order chi connectivity index (χ0) is 10.3. The summed E-state index contributed by atoms with van der Waals surface area (Å²) in [5, 5.41) is 3.41. The van der Waals surface area contributed by atoms with E-state index < -0.39 is 0 Å². The number of likely N-dealkylation sites (N-methyl/N-ethyl adjacent to an activating group) is 2. The van der Waals surface area contributed by atoms with Crippen molar-refractivity contribution in [3.63, 3.8) is 0 Å². The molecule has 0 radical (unpaired) electrons. The molecular weight excluding hydrogens is 160 g/mol. The Balaban J connectivity index is 3.77. The van der Waals surface area contributed by atoms with Gasteiger partial charge in [-0.05, 0) is 25.9 Å². The number of nitrogens with zero attached hydrogens (tertiary/aromatic N) is 1. The SMILES string of the molecule is CCNCC(CC)N(C)CC(C)C. The molecule has 0 heterocycles. The summed E-state index contributed by atoms with van der Waals surface area (Å²) < 4.78 is 0. The first-order chi connectivity index (χ1) is 6.11. The van der Waals surface area contributed by atoms with Crippen molar-refractivity contribution in [2.24, 2.45) is 5.92 Å². The van der Waals surface area contributed by atoms with Crippen molar-refractivity contribution >= 4 is 0 Å². The van der Waals surface area contributed by atoms with Gasteiger partial charge in [0.15, 0.2) is 0 Å². The van der Waals surface area contributed by atoms with Crippen molar-refractivity contribution in [2.75, 3.05) is 26.7 Å². The Morgan fingerprint density at radius 3 is 2.23 bits per heavy atom. The quantitative estimate of drug-likeness (QED) is 0.654. The first-order valence-corrected chi connectivity index (χ1v) is 5.52. The molecule has 0 saturated heterocycles. The van der Waals surface area contributed by atoms with Crippen LogP contribution in [0, 0.1) is 5.92 Å². The van der Waals surface area contributed by atoms with E-state index in [-0.39, 0.29) is 0 Å². The van der Waals surface area contributed by atoms with Gasteiger partial charge in [-0.25, -0.2) is 0 Å². The molecule has 0 aliphatic carbocycles. The molecular formula is C11H26N2. The lowest BCUT2D eigenvalue weighted by molar-refractivity contribution is 0.207. The maximum atomic E-state index is 3.41. The highest BCUT2D eigenvalue weighted by Crippen LogP contribution is 2.04. The van der Waals surface area contributed by atoms with Crippen LogP contribution in [-0.2, 0) is 0 Å². The summed E-state index contributed by atoms with van der Waals surface area (Å²) in [6.45, 7) is 12.4.